The van der Waals surface area contributed by atoms with Crippen LogP contribution >= 0.6 is 0 Å². The Morgan fingerprint density at radius 3 is 2.00 bits per heavy atom. The first-order valence-corrected chi connectivity index (χ1v) is 8.99. The summed E-state index contributed by atoms with van der Waals surface area (Å²) in [5, 5.41) is 0. The van der Waals surface area contributed by atoms with Crippen LogP contribution in [0.25, 0.3) is 0 Å². The molecule has 1 atom stereocenters. The van der Waals surface area contributed by atoms with Crippen molar-refractivity contribution >= 4 is 5.97 Å². The maximum Gasteiger partial charge on any atom is 0.302 e. The van der Waals surface area contributed by atoms with Gasteiger partial charge >= 0.3 is 5.97 Å². The van der Waals surface area contributed by atoms with Crippen molar-refractivity contribution in [1.82, 2.24) is 0 Å². The molecule has 0 amide bonds. The first-order valence-electron chi connectivity index (χ1n) is 8.99. The highest BCUT2D eigenvalue weighted by Crippen LogP contribution is 2.12. The van der Waals surface area contributed by atoms with Crippen LogP contribution in [-0.2, 0) is 9.53 Å². The van der Waals surface area contributed by atoms with E-state index in [0.29, 0.717) is 0 Å². The molecule has 124 valence electrons. The van der Waals surface area contributed by atoms with Gasteiger partial charge in [0.15, 0.2) is 0 Å². The van der Waals surface area contributed by atoms with Gasteiger partial charge in [0.2, 0.25) is 0 Å². The van der Waals surface area contributed by atoms with E-state index in [-0.39, 0.29) is 12.1 Å². The van der Waals surface area contributed by atoms with E-state index < -0.39 is 0 Å². The Kier molecular flexibility index (Phi) is 15.0. The third-order valence-electron chi connectivity index (χ3n) is 3.74. The van der Waals surface area contributed by atoms with Crippen molar-refractivity contribution in [2.75, 3.05) is 0 Å². The van der Waals surface area contributed by atoms with Crippen molar-refractivity contribution in [3.05, 3.63) is 12.2 Å². The largest absolute Gasteiger partial charge is 0.463 e. The van der Waals surface area contributed by atoms with Crippen molar-refractivity contribution in [2.24, 2.45) is 0 Å². The molecule has 0 saturated carbocycles. The lowest BCUT2D eigenvalue weighted by Crippen LogP contribution is -2.11. The lowest BCUT2D eigenvalue weighted by atomic mass is 10.1. The van der Waals surface area contributed by atoms with Crippen LogP contribution in [0.3, 0.4) is 0 Å². The van der Waals surface area contributed by atoms with Gasteiger partial charge in [-0.25, -0.2) is 0 Å². The Hall–Kier alpha value is -0.790. The van der Waals surface area contributed by atoms with E-state index in [0.717, 1.165) is 6.42 Å². The average molecular weight is 296 g/mol. The molecular formula is C19H36O2. The molecule has 0 radical (unpaired) electrons. The molecule has 0 fully saturated rings. The standard InChI is InChI=1S/C19H36O2/c1-4-5-6-7-8-9-10-11-12-13-14-15-16-17-18(2)21-19(3)20/h7-8,18H,4-6,9-17H2,1-3H3. The lowest BCUT2D eigenvalue weighted by molar-refractivity contribution is -0.145. The number of hydrogen-bond donors (Lipinski definition) is 0. The van der Waals surface area contributed by atoms with Gasteiger partial charge < -0.3 is 4.74 Å². The molecule has 0 N–H and O–H groups in total. The molecule has 1 unspecified atom stereocenters. The van der Waals surface area contributed by atoms with Gasteiger partial charge in [0.05, 0.1) is 6.10 Å². The Labute approximate surface area is 132 Å². The Balaban J connectivity index is 3.15. The third kappa shape index (κ3) is 17.2. The molecule has 0 aromatic heterocycles. The predicted octanol–water partition coefficient (Wildman–Crippen LogP) is 6.20. The minimum Gasteiger partial charge on any atom is -0.463 e. The van der Waals surface area contributed by atoms with E-state index in [4.69, 9.17) is 4.74 Å². The highest BCUT2D eigenvalue weighted by molar-refractivity contribution is 5.66. The fraction of sp³-hybridized carbons (Fsp3) is 0.842. The summed E-state index contributed by atoms with van der Waals surface area (Å²) < 4.78 is 5.11. The lowest BCUT2D eigenvalue weighted by Gasteiger charge is -2.11. The second kappa shape index (κ2) is 15.6. The fourth-order valence-electron chi connectivity index (χ4n) is 2.48. The predicted molar refractivity (Wildman–Crippen MR) is 91.4 cm³/mol. The maximum absolute atomic E-state index is 10.8. The van der Waals surface area contributed by atoms with Gasteiger partial charge in [0.1, 0.15) is 0 Å². The molecule has 0 aromatic carbocycles. The van der Waals surface area contributed by atoms with Crippen molar-refractivity contribution < 1.29 is 9.53 Å². The van der Waals surface area contributed by atoms with Crippen LogP contribution in [0.4, 0.5) is 0 Å². The van der Waals surface area contributed by atoms with Gasteiger partial charge in [-0.1, -0.05) is 64.0 Å². The minimum atomic E-state index is -0.161. The van der Waals surface area contributed by atoms with Gasteiger partial charge in [0.25, 0.3) is 0 Å². The molecule has 0 saturated heterocycles. The van der Waals surface area contributed by atoms with Crippen LogP contribution in [-0.4, -0.2) is 12.1 Å². The quantitative estimate of drug-likeness (QED) is 0.217. The Morgan fingerprint density at radius 1 is 0.905 bits per heavy atom. The minimum absolute atomic E-state index is 0.0852. The zero-order valence-corrected chi connectivity index (χ0v) is 14.5. The van der Waals surface area contributed by atoms with Crippen LogP contribution in [0.15, 0.2) is 12.2 Å². The van der Waals surface area contributed by atoms with E-state index in [2.05, 4.69) is 19.1 Å². The highest BCUT2D eigenvalue weighted by Gasteiger charge is 2.04. The molecule has 0 aliphatic carbocycles. The van der Waals surface area contributed by atoms with Gasteiger partial charge in [-0.2, -0.15) is 0 Å². The summed E-state index contributed by atoms with van der Waals surface area (Å²) in [6.07, 6.45) is 20.1. The topological polar surface area (TPSA) is 26.3 Å². The van der Waals surface area contributed by atoms with Crippen LogP contribution in [0.1, 0.15) is 97.8 Å². The number of hydrogen-bond acceptors (Lipinski definition) is 2. The first-order chi connectivity index (χ1) is 10.2. The fourth-order valence-corrected chi connectivity index (χ4v) is 2.48. The van der Waals surface area contributed by atoms with E-state index >= 15 is 0 Å². The number of rotatable bonds is 14. The number of unbranched alkanes of at least 4 members (excludes halogenated alkanes) is 9. The van der Waals surface area contributed by atoms with Gasteiger partial charge in [-0.05, 0) is 39.0 Å². The first kappa shape index (κ1) is 20.2. The number of ether oxygens (including phenoxy) is 1. The second-order valence-electron chi connectivity index (χ2n) is 6.09. The Morgan fingerprint density at radius 2 is 1.43 bits per heavy atom. The van der Waals surface area contributed by atoms with E-state index in [1.165, 1.54) is 77.6 Å². The van der Waals surface area contributed by atoms with Crippen molar-refractivity contribution in [1.29, 1.82) is 0 Å². The van der Waals surface area contributed by atoms with Crippen molar-refractivity contribution in [3.63, 3.8) is 0 Å². The molecule has 0 aliphatic heterocycles. The normalized spacial score (nSPS) is 12.7. The molecule has 2 nitrogen and oxygen atoms in total. The van der Waals surface area contributed by atoms with Crippen LogP contribution in [0.5, 0.6) is 0 Å². The molecule has 0 aliphatic rings. The smallest absolute Gasteiger partial charge is 0.302 e. The molecule has 0 spiro atoms. The average Bonchev–Trinajstić information content (AvgIpc) is 2.43. The van der Waals surface area contributed by atoms with Crippen molar-refractivity contribution in [3.8, 4) is 0 Å². The monoisotopic (exact) mass is 296 g/mol. The summed E-state index contributed by atoms with van der Waals surface area (Å²) >= 11 is 0. The molecule has 0 bridgehead atoms. The summed E-state index contributed by atoms with van der Waals surface area (Å²) in [4.78, 5) is 10.8. The summed E-state index contributed by atoms with van der Waals surface area (Å²) in [5.74, 6) is -0.161. The summed E-state index contributed by atoms with van der Waals surface area (Å²) in [5.41, 5.74) is 0. The molecule has 21 heavy (non-hydrogen) atoms. The zero-order chi connectivity index (χ0) is 15.8. The molecule has 2 heteroatoms. The third-order valence-corrected chi connectivity index (χ3v) is 3.74. The van der Waals surface area contributed by atoms with Crippen LogP contribution in [0, 0.1) is 0 Å². The highest BCUT2D eigenvalue weighted by atomic mass is 16.5. The second-order valence-corrected chi connectivity index (χ2v) is 6.09. The van der Waals surface area contributed by atoms with Gasteiger partial charge in [-0.3, -0.25) is 4.79 Å². The molecular weight excluding hydrogens is 260 g/mol. The van der Waals surface area contributed by atoms with Crippen LogP contribution in [0.2, 0.25) is 0 Å². The molecule has 0 aromatic rings. The number of carbonyl (C=O) groups is 1. The molecule has 0 heterocycles. The van der Waals surface area contributed by atoms with E-state index in [9.17, 15) is 4.79 Å². The van der Waals surface area contributed by atoms with Crippen molar-refractivity contribution in [2.45, 2.75) is 104 Å². The van der Waals surface area contributed by atoms with Gasteiger partial charge in [0, 0.05) is 6.92 Å². The van der Waals surface area contributed by atoms with E-state index in [1.807, 2.05) is 6.92 Å². The Bertz CT molecular complexity index is 258. The summed E-state index contributed by atoms with van der Waals surface area (Å²) in [7, 11) is 0. The zero-order valence-electron chi connectivity index (χ0n) is 14.5. The summed E-state index contributed by atoms with van der Waals surface area (Å²) in [6.45, 7) is 5.70. The molecule has 0 rings (SSSR count). The number of carbonyl (C=O) groups excluding carboxylic acids is 1. The summed E-state index contributed by atoms with van der Waals surface area (Å²) in [6, 6.07) is 0. The number of allylic oxidation sites excluding steroid dienone is 2. The van der Waals surface area contributed by atoms with E-state index in [1.54, 1.807) is 0 Å². The maximum atomic E-state index is 10.8. The van der Waals surface area contributed by atoms with Crippen LogP contribution < -0.4 is 0 Å². The van der Waals surface area contributed by atoms with Gasteiger partial charge in [-0.15, -0.1) is 0 Å². The number of esters is 1. The SMILES string of the molecule is CCCCC=CCCCCCCCCCC(C)OC(C)=O.